The zero-order valence-electron chi connectivity index (χ0n) is 17.7. The Morgan fingerprint density at radius 2 is 1.67 bits per heavy atom. The van der Waals surface area contributed by atoms with Crippen LogP contribution in [0.1, 0.15) is 5.56 Å². The lowest BCUT2D eigenvalue weighted by molar-refractivity contribution is 0.415. The maximum atomic E-state index is 12.8. The summed E-state index contributed by atoms with van der Waals surface area (Å²) in [4.78, 5) is 8.62. The van der Waals surface area contributed by atoms with Crippen molar-refractivity contribution in [2.75, 3.05) is 17.1 Å². The molecule has 0 bridgehead atoms. The van der Waals surface area contributed by atoms with E-state index in [0.29, 0.717) is 17.3 Å². The maximum Gasteiger partial charge on any atom is 0.263 e. The molecule has 0 aliphatic carbocycles. The molecular weight excluding hydrogens is 460 g/mol. The lowest BCUT2D eigenvalue weighted by atomic mass is 10.1. The molecule has 33 heavy (non-hydrogen) atoms. The molecule has 4 aromatic rings. The Kier molecular flexibility index (Phi) is 6.76. The number of hydrogen-bond donors (Lipinski definition) is 2. The molecule has 2 N–H and O–H groups in total. The molecule has 7 nitrogen and oxygen atoms in total. The molecule has 0 aliphatic heterocycles. The van der Waals surface area contributed by atoms with Crippen LogP contribution >= 0.6 is 11.6 Å². The number of nitrogens with zero attached hydrogens (tertiary/aromatic N) is 2. The van der Waals surface area contributed by atoms with Gasteiger partial charge >= 0.3 is 0 Å². The maximum absolute atomic E-state index is 12.8. The second-order valence-corrected chi connectivity index (χ2v) is 9.21. The van der Waals surface area contributed by atoms with E-state index in [-0.39, 0.29) is 10.7 Å². The Morgan fingerprint density at radius 1 is 0.939 bits per heavy atom. The minimum Gasteiger partial charge on any atom is -0.497 e. The van der Waals surface area contributed by atoms with Crippen LogP contribution in [0.4, 0.5) is 11.5 Å². The first-order valence-corrected chi connectivity index (χ1v) is 11.9. The second kappa shape index (κ2) is 9.89. The van der Waals surface area contributed by atoms with Crippen molar-refractivity contribution in [1.29, 1.82) is 0 Å². The number of benzene rings is 3. The molecule has 0 unspecified atom stereocenters. The number of rotatable bonds is 8. The summed E-state index contributed by atoms with van der Waals surface area (Å²) in [5.41, 5.74) is 3.17. The fourth-order valence-corrected chi connectivity index (χ4v) is 4.28. The van der Waals surface area contributed by atoms with Gasteiger partial charge in [-0.2, -0.15) is 0 Å². The highest BCUT2D eigenvalue weighted by molar-refractivity contribution is 7.92. The standard InChI is InChI=1S/C24H21ClN4O3S/c1-32-21-4-2-3-20(15-21)28-16-17-5-7-18(8-6-17)23-24(27-14-13-26-23)29-33(30,31)22-11-9-19(25)10-12-22/h2-15,28H,16H2,1H3,(H,27,29). The Bertz CT molecular complexity index is 1350. The van der Waals surface area contributed by atoms with Crippen molar-refractivity contribution < 1.29 is 13.2 Å². The van der Waals surface area contributed by atoms with Gasteiger partial charge in [0.15, 0.2) is 5.82 Å². The third kappa shape index (κ3) is 5.60. The summed E-state index contributed by atoms with van der Waals surface area (Å²) in [6.45, 7) is 0.615. The van der Waals surface area contributed by atoms with Crippen LogP contribution in [0.2, 0.25) is 5.02 Å². The van der Waals surface area contributed by atoms with Gasteiger partial charge in [-0.05, 0) is 42.0 Å². The highest BCUT2D eigenvalue weighted by Gasteiger charge is 2.18. The van der Waals surface area contributed by atoms with Crippen LogP contribution in [0, 0.1) is 0 Å². The molecule has 0 radical (unpaired) electrons. The number of aromatic nitrogens is 2. The van der Waals surface area contributed by atoms with Gasteiger partial charge in [0.05, 0.1) is 12.0 Å². The molecule has 0 fully saturated rings. The number of nitrogens with one attached hydrogen (secondary N) is 2. The van der Waals surface area contributed by atoms with Crippen molar-refractivity contribution in [2.24, 2.45) is 0 Å². The van der Waals surface area contributed by atoms with E-state index in [0.717, 1.165) is 22.6 Å². The molecule has 0 spiro atoms. The van der Waals surface area contributed by atoms with E-state index < -0.39 is 10.0 Å². The number of ether oxygens (including phenoxy) is 1. The monoisotopic (exact) mass is 480 g/mol. The Balaban J connectivity index is 1.51. The molecule has 0 aliphatic rings. The summed E-state index contributed by atoms with van der Waals surface area (Å²) in [5, 5.41) is 3.80. The number of sulfonamides is 1. The molecular formula is C24H21ClN4O3S. The largest absolute Gasteiger partial charge is 0.497 e. The smallest absolute Gasteiger partial charge is 0.263 e. The number of halogens is 1. The van der Waals surface area contributed by atoms with Gasteiger partial charge in [-0.15, -0.1) is 0 Å². The predicted molar refractivity (Wildman–Crippen MR) is 130 cm³/mol. The van der Waals surface area contributed by atoms with Crippen LogP contribution in [0.3, 0.4) is 0 Å². The van der Waals surface area contributed by atoms with Gasteiger partial charge in [0, 0.05) is 41.3 Å². The van der Waals surface area contributed by atoms with E-state index in [4.69, 9.17) is 16.3 Å². The van der Waals surface area contributed by atoms with Crippen molar-refractivity contribution in [3.8, 4) is 17.0 Å². The lowest BCUT2D eigenvalue weighted by Gasteiger charge is -2.12. The van der Waals surface area contributed by atoms with E-state index in [2.05, 4.69) is 20.0 Å². The third-order valence-electron chi connectivity index (χ3n) is 4.85. The molecule has 4 rings (SSSR count). The van der Waals surface area contributed by atoms with Gasteiger partial charge in [0.2, 0.25) is 0 Å². The summed E-state index contributed by atoms with van der Waals surface area (Å²) in [6.07, 6.45) is 2.96. The molecule has 0 saturated carbocycles. The van der Waals surface area contributed by atoms with Crippen molar-refractivity contribution in [2.45, 2.75) is 11.4 Å². The number of hydrogen-bond acceptors (Lipinski definition) is 6. The van der Waals surface area contributed by atoms with Gasteiger partial charge in [0.25, 0.3) is 10.0 Å². The third-order valence-corrected chi connectivity index (χ3v) is 6.45. The van der Waals surface area contributed by atoms with Crippen LogP contribution in [0.5, 0.6) is 5.75 Å². The molecule has 0 atom stereocenters. The number of methoxy groups -OCH3 is 1. The van der Waals surface area contributed by atoms with Crippen LogP contribution in [0.15, 0.2) is 90.1 Å². The van der Waals surface area contributed by atoms with Gasteiger partial charge in [-0.25, -0.2) is 13.4 Å². The quantitative estimate of drug-likeness (QED) is 0.359. The average Bonchev–Trinajstić information content (AvgIpc) is 2.84. The van der Waals surface area contributed by atoms with Crippen molar-refractivity contribution in [1.82, 2.24) is 9.97 Å². The highest BCUT2D eigenvalue weighted by Crippen LogP contribution is 2.27. The van der Waals surface area contributed by atoms with Crippen molar-refractivity contribution >= 4 is 33.1 Å². The van der Waals surface area contributed by atoms with Crippen molar-refractivity contribution in [3.05, 3.63) is 95.8 Å². The van der Waals surface area contributed by atoms with Gasteiger partial charge < -0.3 is 10.1 Å². The summed E-state index contributed by atoms with van der Waals surface area (Å²) < 4.78 is 33.3. The normalized spacial score (nSPS) is 11.1. The Labute approximate surface area is 197 Å². The van der Waals surface area contributed by atoms with Crippen LogP contribution in [-0.4, -0.2) is 25.5 Å². The van der Waals surface area contributed by atoms with Crippen LogP contribution in [-0.2, 0) is 16.6 Å². The van der Waals surface area contributed by atoms with Gasteiger partial charge in [-0.3, -0.25) is 9.71 Å². The van der Waals surface area contributed by atoms with Crippen LogP contribution in [0.25, 0.3) is 11.3 Å². The molecule has 168 valence electrons. The number of anilines is 2. The Hall–Kier alpha value is -3.62. The van der Waals surface area contributed by atoms with Crippen LogP contribution < -0.4 is 14.8 Å². The minimum atomic E-state index is -3.85. The summed E-state index contributed by atoms with van der Waals surface area (Å²) in [6, 6.07) is 21.3. The SMILES string of the molecule is COc1cccc(NCc2ccc(-c3nccnc3NS(=O)(=O)c3ccc(Cl)cc3)cc2)c1. The fourth-order valence-electron chi connectivity index (χ4n) is 3.14. The van der Waals surface area contributed by atoms with Crippen molar-refractivity contribution in [3.63, 3.8) is 0 Å². The second-order valence-electron chi connectivity index (χ2n) is 7.10. The molecule has 1 aromatic heterocycles. The van der Waals surface area contributed by atoms with E-state index in [1.807, 2.05) is 48.5 Å². The summed E-state index contributed by atoms with van der Waals surface area (Å²) in [5.74, 6) is 0.932. The summed E-state index contributed by atoms with van der Waals surface area (Å²) >= 11 is 5.86. The fraction of sp³-hybridized carbons (Fsp3) is 0.0833. The zero-order valence-corrected chi connectivity index (χ0v) is 19.3. The van der Waals surface area contributed by atoms with E-state index in [1.165, 1.54) is 36.7 Å². The lowest BCUT2D eigenvalue weighted by Crippen LogP contribution is -2.15. The first-order chi connectivity index (χ1) is 15.9. The average molecular weight is 481 g/mol. The molecule has 0 amide bonds. The minimum absolute atomic E-state index is 0.0856. The van der Waals surface area contributed by atoms with E-state index in [9.17, 15) is 8.42 Å². The zero-order chi connectivity index (χ0) is 23.3. The van der Waals surface area contributed by atoms with E-state index >= 15 is 0 Å². The first kappa shape index (κ1) is 22.6. The molecule has 9 heteroatoms. The van der Waals surface area contributed by atoms with E-state index in [1.54, 1.807) is 7.11 Å². The molecule has 0 saturated heterocycles. The summed E-state index contributed by atoms with van der Waals surface area (Å²) in [7, 11) is -2.21. The first-order valence-electron chi connectivity index (χ1n) is 10.0. The topological polar surface area (TPSA) is 93.2 Å². The van der Waals surface area contributed by atoms with Gasteiger partial charge in [-0.1, -0.05) is 41.9 Å². The molecule has 1 heterocycles. The van der Waals surface area contributed by atoms with Gasteiger partial charge in [0.1, 0.15) is 11.4 Å². The molecule has 3 aromatic carbocycles. The highest BCUT2D eigenvalue weighted by atomic mass is 35.5. The predicted octanol–water partition coefficient (Wildman–Crippen LogP) is 5.22. The Morgan fingerprint density at radius 3 is 2.39 bits per heavy atom.